The van der Waals surface area contributed by atoms with Crippen molar-refractivity contribution in [2.75, 3.05) is 22.9 Å². The molecule has 1 amide bonds. The maximum Gasteiger partial charge on any atom is 0.411 e. The van der Waals surface area contributed by atoms with E-state index in [-0.39, 0.29) is 6.61 Å². The summed E-state index contributed by atoms with van der Waals surface area (Å²) in [5.74, 6) is 0.487. The largest absolute Gasteiger partial charge is 0.444 e. The number of ether oxygens (including phenoxy) is 1. The summed E-state index contributed by atoms with van der Waals surface area (Å²) in [6.07, 6.45) is 2.98. The highest BCUT2D eigenvalue weighted by atomic mass is 32.1. The SMILES string of the molecule is CCCCCNc1nc(N)c(-c2nc(-c3cccc(NC(=O)OCc4ccccc4)c3)cs2)s1. The zero-order valence-corrected chi connectivity index (χ0v) is 20.5. The number of rotatable bonds is 10. The van der Waals surface area contributed by atoms with Crippen molar-refractivity contribution in [3.05, 3.63) is 65.5 Å². The Morgan fingerprint density at radius 1 is 1.09 bits per heavy atom. The highest BCUT2D eigenvalue weighted by Crippen LogP contribution is 2.38. The van der Waals surface area contributed by atoms with E-state index in [4.69, 9.17) is 15.5 Å². The maximum absolute atomic E-state index is 12.2. The summed E-state index contributed by atoms with van der Waals surface area (Å²) in [5.41, 5.74) is 9.44. The van der Waals surface area contributed by atoms with Crippen LogP contribution in [0.25, 0.3) is 21.1 Å². The molecule has 0 saturated heterocycles. The van der Waals surface area contributed by atoms with Crippen molar-refractivity contribution in [3.63, 3.8) is 0 Å². The number of benzene rings is 2. The van der Waals surface area contributed by atoms with Gasteiger partial charge in [-0.3, -0.25) is 5.32 Å². The number of thiazole rings is 2. The van der Waals surface area contributed by atoms with Gasteiger partial charge in [0.25, 0.3) is 0 Å². The average Bonchev–Trinajstić information content (AvgIpc) is 3.48. The molecule has 0 atom stereocenters. The number of hydrogen-bond acceptors (Lipinski definition) is 8. The smallest absolute Gasteiger partial charge is 0.411 e. The molecule has 0 radical (unpaired) electrons. The molecule has 0 bridgehead atoms. The van der Waals surface area contributed by atoms with Crippen LogP contribution in [0.15, 0.2) is 60.0 Å². The molecule has 0 saturated carbocycles. The predicted octanol–water partition coefficient (Wildman–Crippen LogP) is 6.87. The quantitative estimate of drug-likeness (QED) is 0.208. The van der Waals surface area contributed by atoms with Crippen molar-refractivity contribution >= 4 is 45.4 Å². The Morgan fingerprint density at radius 2 is 1.94 bits per heavy atom. The third-order valence-electron chi connectivity index (χ3n) is 5.03. The fourth-order valence-corrected chi connectivity index (χ4v) is 5.11. The van der Waals surface area contributed by atoms with E-state index in [0.29, 0.717) is 11.5 Å². The van der Waals surface area contributed by atoms with E-state index in [1.165, 1.54) is 35.5 Å². The number of carbonyl (C=O) groups is 1. The molecule has 0 spiro atoms. The Hall–Kier alpha value is -3.43. The van der Waals surface area contributed by atoms with Gasteiger partial charge in [0, 0.05) is 23.2 Å². The molecule has 4 N–H and O–H groups in total. The van der Waals surface area contributed by atoms with E-state index in [1.807, 2.05) is 60.0 Å². The molecule has 0 unspecified atom stereocenters. The highest BCUT2D eigenvalue weighted by molar-refractivity contribution is 7.23. The summed E-state index contributed by atoms with van der Waals surface area (Å²) in [5, 5.41) is 9.76. The summed E-state index contributed by atoms with van der Waals surface area (Å²) in [4.78, 5) is 22.3. The Labute approximate surface area is 207 Å². The molecule has 0 aliphatic heterocycles. The zero-order chi connectivity index (χ0) is 23.8. The van der Waals surface area contributed by atoms with Crippen LogP contribution in [0.5, 0.6) is 0 Å². The van der Waals surface area contributed by atoms with Gasteiger partial charge in [-0.1, -0.05) is 73.6 Å². The second kappa shape index (κ2) is 11.6. The first-order valence-electron chi connectivity index (χ1n) is 11.2. The Morgan fingerprint density at radius 3 is 2.76 bits per heavy atom. The first-order chi connectivity index (χ1) is 16.6. The van der Waals surface area contributed by atoms with E-state index in [2.05, 4.69) is 22.5 Å². The van der Waals surface area contributed by atoms with Crippen LogP contribution in [0.3, 0.4) is 0 Å². The second-order valence-corrected chi connectivity index (χ2v) is 9.53. The number of nitrogen functional groups attached to an aromatic ring is 1. The molecule has 0 fully saturated rings. The summed E-state index contributed by atoms with van der Waals surface area (Å²) in [6.45, 7) is 3.29. The van der Waals surface area contributed by atoms with Gasteiger partial charge in [0.15, 0.2) is 5.13 Å². The monoisotopic (exact) mass is 493 g/mol. The molecule has 0 aliphatic rings. The molecule has 4 aromatic rings. The molecule has 2 heterocycles. The van der Waals surface area contributed by atoms with E-state index >= 15 is 0 Å². The normalized spacial score (nSPS) is 10.7. The number of nitrogens with one attached hydrogen (secondary N) is 2. The predicted molar refractivity (Wildman–Crippen MR) is 141 cm³/mol. The van der Waals surface area contributed by atoms with Crippen LogP contribution >= 0.6 is 22.7 Å². The highest BCUT2D eigenvalue weighted by Gasteiger charge is 2.15. The van der Waals surface area contributed by atoms with Crippen LogP contribution in [-0.2, 0) is 11.3 Å². The molecular formula is C25H27N5O2S2. The minimum absolute atomic E-state index is 0.216. The number of anilines is 3. The summed E-state index contributed by atoms with van der Waals surface area (Å²) in [6, 6.07) is 17.1. The lowest BCUT2D eigenvalue weighted by molar-refractivity contribution is 0.155. The molecule has 34 heavy (non-hydrogen) atoms. The average molecular weight is 494 g/mol. The van der Waals surface area contributed by atoms with E-state index < -0.39 is 6.09 Å². The third kappa shape index (κ3) is 6.33. The Balaban J connectivity index is 1.39. The number of amides is 1. The van der Waals surface area contributed by atoms with Crippen LogP contribution in [-0.4, -0.2) is 22.6 Å². The lowest BCUT2D eigenvalue weighted by Gasteiger charge is -2.08. The van der Waals surface area contributed by atoms with Gasteiger partial charge in [0.1, 0.15) is 22.3 Å². The van der Waals surface area contributed by atoms with Gasteiger partial charge in [-0.25, -0.2) is 14.8 Å². The maximum atomic E-state index is 12.2. The van der Waals surface area contributed by atoms with Crippen LogP contribution in [0, 0.1) is 0 Å². The molecule has 9 heteroatoms. The summed E-state index contributed by atoms with van der Waals surface area (Å²) in [7, 11) is 0. The molecular weight excluding hydrogens is 466 g/mol. The Bertz CT molecular complexity index is 1220. The van der Waals surface area contributed by atoms with Crippen LogP contribution in [0.4, 0.5) is 21.4 Å². The summed E-state index contributed by atoms with van der Waals surface area (Å²) >= 11 is 3.04. The molecule has 2 aromatic carbocycles. The number of hydrogen-bond donors (Lipinski definition) is 3. The number of aromatic nitrogens is 2. The van der Waals surface area contributed by atoms with E-state index in [9.17, 15) is 4.79 Å². The van der Waals surface area contributed by atoms with Gasteiger partial charge in [0.2, 0.25) is 0 Å². The lowest BCUT2D eigenvalue weighted by Crippen LogP contribution is -2.13. The fourth-order valence-electron chi connectivity index (χ4n) is 3.28. The minimum Gasteiger partial charge on any atom is -0.444 e. The minimum atomic E-state index is -0.503. The fraction of sp³-hybridized carbons (Fsp3) is 0.240. The molecule has 2 aromatic heterocycles. The van der Waals surface area contributed by atoms with Gasteiger partial charge < -0.3 is 15.8 Å². The molecule has 176 valence electrons. The van der Waals surface area contributed by atoms with Crippen LogP contribution in [0.2, 0.25) is 0 Å². The second-order valence-electron chi connectivity index (χ2n) is 7.67. The van der Waals surface area contributed by atoms with Crippen molar-refractivity contribution < 1.29 is 9.53 Å². The van der Waals surface area contributed by atoms with Crippen molar-refractivity contribution in [2.24, 2.45) is 0 Å². The number of carbonyl (C=O) groups excluding carboxylic acids is 1. The number of nitrogens with zero attached hydrogens (tertiary/aromatic N) is 2. The number of nitrogens with two attached hydrogens (primary N) is 1. The first kappa shape index (κ1) is 23.7. The Kier molecular flexibility index (Phi) is 8.11. The number of unbranched alkanes of at least 4 members (excludes halogenated alkanes) is 2. The van der Waals surface area contributed by atoms with Crippen LogP contribution in [0.1, 0.15) is 31.7 Å². The lowest BCUT2D eigenvalue weighted by atomic mass is 10.1. The van der Waals surface area contributed by atoms with Gasteiger partial charge >= 0.3 is 6.09 Å². The van der Waals surface area contributed by atoms with Crippen molar-refractivity contribution in [1.29, 1.82) is 0 Å². The van der Waals surface area contributed by atoms with Gasteiger partial charge in [-0.2, -0.15) is 0 Å². The zero-order valence-electron chi connectivity index (χ0n) is 18.9. The summed E-state index contributed by atoms with van der Waals surface area (Å²) < 4.78 is 5.31. The van der Waals surface area contributed by atoms with Gasteiger partial charge in [-0.05, 0) is 24.1 Å². The molecule has 4 rings (SSSR count). The van der Waals surface area contributed by atoms with Crippen molar-refractivity contribution in [2.45, 2.75) is 32.8 Å². The third-order valence-corrected chi connectivity index (χ3v) is 7.05. The molecule has 7 nitrogen and oxygen atoms in total. The van der Waals surface area contributed by atoms with Gasteiger partial charge in [-0.15, -0.1) is 11.3 Å². The molecule has 0 aliphatic carbocycles. The van der Waals surface area contributed by atoms with Crippen molar-refractivity contribution in [3.8, 4) is 21.1 Å². The topological polar surface area (TPSA) is 102 Å². The van der Waals surface area contributed by atoms with Crippen LogP contribution < -0.4 is 16.4 Å². The van der Waals surface area contributed by atoms with E-state index in [1.54, 1.807) is 0 Å². The van der Waals surface area contributed by atoms with Gasteiger partial charge in [0.05, 0.1) is 5.69 Å². The first-order valence-corrected chi connectivity index (χ1v) is 12.9. The van der Waals surface area contributed by atoms with E-state index in [0.717, 1.165) is 44.8 Å². The van der Waals surface area contributed by atoms with Crippen molar-refractivity contribution in [1.82, 2.24) is 9.97 Å². The standard InChI is InChI=1S/C25H27N5O2S2/c1-2-3-7-13-27-24-30-22(26)21(34-24)23-29-20(16-33-23)18-11-8-12-19(14-18)28-25(31)32-15-17-9-5-4-6-10-17/h4-6,8-12,14,16H,2-3,7,13,15,26H2,1H3,(H,27,30)(H,28,31).